The first-order valence-corrected chi connectivity index (χ1v) is 3.87. The number of fused-ring (bicyclic) bond motifs is 1. The molecule has 1 aromatic rings. The van der Waals surface area contributed by atoms with Crippen molar-refractivity contribution in [2.75, 3.05) is 6.61 Å². The summed E-state index contributed by atoms with van der Waals surface area (Å²) < 4.78 is 18.3. The molecule has 62 valence electrons. The Bertz CT molecular complexity index is 411. The Balaban J connectivity index is 2.74. The van der Waals surface area contributed by atoms with Crippen LogP contribution in [0.25, 0.3) is 0 Å². The van der Waals surface area contributed by atoms with Crippen LogP contribution in [0, 0.1) is 17.1 Å². The number of hydrogen-bond acceptors (Lipinski definition) is 2. The molecule has 0 saturated carbocycles. The molecule has 2 rings (SSSR count). The molecule has 1 heterocycles. The van der Waals surface area contributed by atoms with Gasteiger partial charge in [-0.2, -0.15) is 5.26 Å². The molecule has 0 spiro atoms. The van der Waals surface area contributed by atoms with E-state index in [0.717, 1.165) is 5.56 Å². The molecule has 0 saturated heterocycles. The molecule has 13 heavy (non-hydrogen) atoms. The van der Waals surface area contributed by atoms with Crippen molar-refractivity contribution in [1.82, 2.24) is 0 Å². The average Bonchev–Trinajstić information content (AvgIpc) is 2.53. The van der Waals surface area contributed by atoms with Crippen molar-refractivity contribution in [3.63, 3.8) is 0 Å². The molecule has 0 amide bonds. The lowest BCUT2D eigenvalue weighted by atomic mass is 9.88. The number of rotatable bonds is 0. The molecular weight excluding hydrogens is 168 g/mol. The Morgan fingerprint density at radius 3 is 3.08 bits per heavy atom. The fourth-order valence-corrected chi connectivity index (χ4v) is 1.46. The number of benzene rings is 1. The highest BCUT2D eigenvalue weighted by atomic mass is 19.1. The van der Waals surface area contributed by atoms with Crippen molar-refractivity contribution in [3.8, 4) is 11.8 Å². The van der Waals surface area contributed by atoms with Gasteiger partial charge in [0.2, 0.25) is 0 Å². The molecule has 0 atom stereocenters. The van der Waals surface area contributed by atoms with E-state index in [1.807, 2.05) is 0 Å². The van der Waals surface area contributed by atoms with Crippen LogP contribution in [0.5, 0.6) is 5.75 Å². The molecule has 1 aromatic carbocycles. The van der Waals surface area contributed by atoms with Crippen LogP contribution >= 0.6 is 0 Å². The maximum Gasteiger partial charge on any atom is 0.144 e. The van der Waals surface area contributed by atoms with Gasteiger partial charge in [0.15, 0.2) is 0 Å². The van der Waals surface area contributed by atoms with Gasteiger partial charge in [-0.15, -0.1) is 0 Å². The van der Waals surface area contributed by atoms with Crippen molar-refractivity contribution in [3.05, 3.63) is 23.0 Å². The summed E-state index contributed by atoms with van der Waals surface area (Å²) >= 11 is 0. The predicted octanol–water partition coefficient (Wildman–Crippen LogP) is 0.426. The Labute approximate surface area is 76.3 Å². The topological polar surface area (TPSA) is 33.0 Å². The summed E-state index contributed by atoms with van der Waals surface area (Å²) in [5, 5.41) is 8.66. The summed E-state index contributed by atoms with van der Waals surface area (Å²) in [6.07, 6.45) is 0.649. The zero-order chi connectivity index (χ0) is 9.42. The van der Waals surface area contributed by atoms with Gasteiger partial charge in [0.05, 0.1) is 6.61 Å². The van der Waals surface area contributed by atoms with E-state index in [2.05, 4.69) is 0 Å². The van der Waals surface area contributed by atoms with Gasteiger partial charge in [0, 0.05) is 6.42 Å². The molecule has 0 bridgehead atoms. The summed E-state index contributed by atoms with van der Waals surface area (Å²) in [5.41, 5.74) is 1.07. The van der Waals surface area contributed by atoms with E-state index in [1.54, 1.807) is 6.07 Å². The van der Waals surface area contributed by atoms with Crippen molar-refractivity contribution in [1.29, 1.82) is 5.26 Å². The lowest BCUT2D eigenvalue weighted by Crippen LogP contribution is -2.10. The second-order valence-corrected chi connectivity index (χ2v) is 2.84. The third kappa shape index (κ3) is 1.08. The van der Waals surface area contributed by atoms with Crippen LogP contribution in [0.15, 0.2) is 6.07 Å². The minimum atomic E-state index is -0.611. The van der Waals surface area contributed by atoms with E-state index >= 15 is 0 Å². The Kier molecular flexibility index (Phi) is 1.73. The second kappa shape index (κ2) is 2.77. The fourth-order valence-electron chi connectivity index (χ4n) is 1.46. The number of nitrogens with zero attached hydrogens (tertiary/aromatic N) is 1. The van der Waals surface area contributed by atoms with Crippen molar-refractivity contribution in [2.45, 2.75) is 6.42 Å². The van der Waals surface area contributed by atoms with Crippen LogP contribution in [0.3, 0.4) is 0 Å². The maximum atomic E-state index is 13.1. The first kappa shape index (κ1) is 8.12. The Morgan fingerprint density at radius 1 is 1.62 bits per heavy atom. The van der Waals surface area contributed by atoms with E-state index in [0.29, 0.717) is 24.2 Å². The number of hydrogen-bond donors (Lipinski definition) is 0. The molecule has 1 aliphatic rings. The maximum absolute atomic E-state index is 13.1. The van der Waals surface area contributed by atoms with E-state index in [9.17, 15) is 4.39 Å². The molecule has 2 radical (unpaired) electrons. The number of nitriles is 1. The SMILES string of the molecule is [B]c1cc(F)c(C#N)c2c1CCO2. The number of halogens is 1. The summed E-state index contributed by atoms with van der Waals surface area (Å²) in [5.74, 6) is -0.291. The van der Waals surface area contributed by atoms with Crippen molar-refractivity contribution < 1.29 is 9.13 Å². The summed E-state index contributed by atoms with van der Waals surface area (Å²) in [4.78, 5) is 0. The molecule has 0 fully saturated rings. The largest absolute Gasteiger partial charge is 0.491 e. The molecular formula is C9H5BFNO. The van der Waals surface area contributed by atoms with E-state index < -0.39 is 5.82 Å². The van der Waals surface area contributed by atoms with Crippen molar-refractivity contribution >= 4 is 13.3 Å². The van der Waals surface area contributed by atoms with Crippen LogP contribution in [-0.4, -0.2) is 14.5 Å². The van der Waals surface area contributed by atoms with Crippen LogP contribution in [0.1, 0.15) is 11.1 Å². The van der Waals surface area contributed by atoms with E-state index in [4.69, 9.17) is 17.8 Å². The van der Waals surface area contributed by atoms with Gasteiger partial charge in [-0.05, 0) is 11.6 Å². The zero-order valence-corrected chi connectivity index (χ0v) is 6.80. The first-order valence-electron chi connectivity index (χ1n) is 3.87. The molecule has 0 aromatic heterocycles. The van der Waals surface area contributed by atoms with Gasteiger partial charge in [-0.25, -0.2) is 4.39 Å². The standard InChI is InChI=1S/C9H5BFNO/c10-7-3-8(11)6(4-12)9-5(7)1-2-13-9/h3H,1-2H2. The zero-order valence-electron chi connectivity index (χ0n) is 6.80. The van der Waals surface area contributed by atoms with Crippen LogP contribution in [0.2, 0.25) is 0 Å². The van der Waals surface area contributed by atoms with E-state index in [-0.39, 0.29) is 5.56 Å². The normalized spacial score (nSPS) is 13.2. The van der Waals surface area contributed by atoms with Gasteiger partial charge in [0.25, 0.3) is 0 Å². The molecule has 4 heteroatoms. The molecule has 2 nitrogen and oxygen atoms in total. The lowest BCUT2D eigenvalue weighted by Gasteiger charge is -2.05. The molecule has 0 unspecified atom stereocenters. The van der Waals surface area contributed by atoms with Crippen LogP contribution < -0.4 is 10.2 Å². The fraction of sp³-hybridized carbons (Fsp3) is 0.222. The lowest BCUT2D eigenvalue weighted by molar-refractivity contribution is 0.354. The first-order chi connectivity index (χ1) is 6.24. The Hall–Kier alpha value is -1.50. The van der Waals surface area contributed by atoms with Gasteiger partial charge in [0.1, 0.15) is 31.0 Å². The third-order valence-electron chi connectivity index (χ3n) is 2.08. The number of ether oxygens (including phenoxy) is 1. The van der Waals surface area contributed by atoms with E-state index in [1.165, 1.54) is 6.07 Å². The molecule has 0 aliphatic carbocycles. The highest BCUT2D eigenvalue weighted by Gasteiger charge is 2.21. The summed E-state index contributed by atoms with van der Waals surface area (Å²) in [6.45, 7) is 0.470. The van der Waals surface area contributed by atoms with Crippen LogP contribution in [-0.2, 0) is 6.42 Å². The highest BCUT2D eigenvalue weighted by Crippen LogP contribution is 2.29. The summed E-state index contributed by atoms with van der Waals surface area (Å²) in [7, 11) is 5.57. The van der Waals surface area contributed by atoms with Gasteiger partial charge < -0.3 is 4.74 Å². The van der Waals surface area contributed by atoms with Gasteiger partial charge >= 0.3 is 0 Å². The summed E-state index contributed by atoms with van der Waals surface area (Å²) in [6, 6.07) is 2.94. The third-order valence-corrected chi connectivity index (χ3v) is 2.08. The Morgan fingerprint density at radius 2 is 2.38 bits per heavy atom. The van der Waals surface area contributed by atoms with Gasteiger partial charge in [-0.3, -0.25) is 0 Å². The minimum Gasteiger partial charge on any atom is -0.491 e. The minimum absolute atomic E-state index is 0.0401. The van der Waals surface area contributed by atoms with Crippen molar-refractivity contribution in [2.24, 2.45) is 0 Å². The smallest absolute Gasteiger partial charge is 0.144 e. The quantitative estimate of drug-likeness (QED) is 0.532. The average molecular weight is 173 g/mol. The molecule has 0 N–H and O–H groups in total. The second-order valence-electron chi connectivity index (χ2n) is 2.84. The monoisotopic (exact) mass is 173 g/mol. The molecule has 1 aliphatic heterocycles. The predicted molar refractivity (Wildman–Crippen MR) is 45.7 cm³/mol. The highest BCUT2D eigenvalue weighted by molar-refractivity contribution is 6.33. The van der Waals surface area contributed by atoms with Gasteiger partial charge in [-0.1, -0.05) is 5.46 Å². The van der Waals surface area contributed by atoms with Crippen LogP contribution in [0.4, 0.5) is 4.39 Å².